The molecule has 0 aromatic carbocycles. The molecule has 0 amide bonds. The third kappa shape index (κ3) is 3.54. The van der Waals surface area contributed by atoms with Crippen molar-refractivity contribution in [3.8, 4) is 0 Å². The average Bonchev–Trinajstić information content (AvgIpc) is 2.87. The van der Waals surface area contributed by atoms with Crippen molar-refractivity contribution in [2.45, 2.75) is 26.9 Å². The van der Waals surface area contributed by atoms with Crippen molar-refractivity contribution >= 4 is 0 Å². The quantitative estimate of drug-likeness (QED) is 0.816. The van der Waals surface area contributed by atoms with E-state index < -0.39 is 0 Å². The molecule has 1 unspecified atom stereocenters. The van der Waals surface area contributed by atoms with E-state index in [9.17, 15) is 9.59 Å². The van der Waals surface area contributed by atoms with Crippen LogP contribution in [0.5, 0.6) is 0 Å². The van der Waals surface area contributed by atoms with Crippen LogP contribution in [-0.2, 0) is 27.2 Å². The van der Waals surface area contributed by atoms with E-state index in [1.807, 2.05) is 13.1 Å². The van der Waals surface area contributed by atoms with Crippen molar-refractivity contribution in [1.82, 2.24) is 24.0 Å². The third-order valence-electron chi connectivity index (χ3n) is 3.76. The van der Waals surface area contributed by atoms with Gasteiger partial charge in [0.15, 0.2) is 0 Å². The first-order chi connectivity index (χ1) is 10.4. The van der Waals surface area contributed by atoms with E-state index in [1.54, 1.807) is 19.4 Å². The minimum Gasteiger partial charge on any atom is -0.335 e. The first kappa shape index (κ1) is 16.2. The van der Waals surface area contributed by atoms with Crippen LogP contribution in [0.4, 0.5) is 0 Å². The van der Waals surface area contributed by atoms with Crippen LogP contribution in [0.25, 0.3) is 0 Å². The van der Waals surface area contributed by atoms with E-state index >= 15 is 0 Å². The summed E-state index contributed by atoms with van der Waals surface area (Å²) in [7, 11) is 3.15. The van der Waals surface area contributed by atoms with Gasteiger partial charge in [-0.15, -0.1) is 0 Å². The normalized spacial score (nSPS) is 12.5. The second-order valence-electron chi connectivity index (χ2n) is 5.77. The van der Waals surface area contributed by atoms with Crippen molar-refractivity contribution in [2.75, 3.05) is 6.54 Å². The molecule has 0 saturated carbocycles. The maximum Gasteiger partial charge on any atom is 0.330 e. The summed E-state index contributed by atoms with van der Waals surface area (Å²) in [6, 6.07) is 0. The Morgan fingerprint density at radius 2 is 2.05 bits per heavy atom. The summed E-state index contributed by atoms with van der Waals surface area (Å²) in [5.41, 5.74) is 0.0435. The zero-order valence-corrected chi connectivity index (χ0v) is 13.5. The van der Waals surface area contributed by atoms with Crippen LogP contribution in [0.2, 0.25) is 0 Å². The van der Waals surface area contributed by atoms with Gasteiger partial charge in [-0.05, 0) is 19.4 Å². The van der Waals surface area contributed by atoms with Gasteiger partial charge in [0, 0.05) is 51.3 Å². The highest BCUT2D eigenvalue weighted by Gasteiger charge is 2.08. The maximum absolute atomic E-state index is 12.0. The van der Waals surface area contributed by atoms with Crippen molar-refractivity contribution in [3.05, 3.63) is 50.8 Å². The molecule has 0 spiro atoms. The molecule has 2 heterocycles. The molecule has 120 valence electrons. The lowest BCUT2D eigenvalue weighted by atomic mass is 10.1. The van der Waals surface area contributed by atoms with Crippen molar-refractivity contribution in [1.29, 1.82) is 0 Å². The second-order valence-corrected chi connectivity index (χ2v) is 5.77. The second kappa shape index (κ2) is 6.74. The van der Waals surface area contributed by atoms with Crippen LogP contribution >= 0.6 is 0 Å². The predicted molar refractivity (Wildman–Crippen MR) is 84.8 cm³/mol. The Morgan fingerprint density at radius 1 is 1.32 bits per heavy atom. The minimum atomic E-state index is -0.308. The number of hydrogen-bond donors (Lipinski definition) is 1. The standard InChI is InChI=1S/C15H23N5O2/c1-11(9-20-6-5-17-12(20)2)7-16-8-13-10-18(3)15(22)19(4)14(13)21/h5-6,10-11,16H,7-9H2,1-4H3. The lowest BCUT2D eigenvalue weighted by molar-refractivity contribution is 0.438. The zero-order valence-electron chi connectivity index (χ0n) is 13.5. The first-order valence-corrected chi connectivity index (χ1v) is 7.34. The number of imidazole rings is 1. The van der Waals surface area contributed by atoms with Crippen LogP contribution in [0.15, 0.2) is 28.2 Å². The van der Waals surface area contributed by atoms with Gasteiger partial charge in [-0.1, -0.05) is 6.92 Å². The molecular weight excluding hydrogens is 282 g/mol. The van der Waals surface area contributed by atoms with E-state index in [-0.39, 0.29) is 11.2 Å². The molecule has 2 aromatic rings. The van der Waals surface area contributed by atoms with E-state index in [4.69, 9.17) is 0 Å². The smallest absolute Gasteiger partial charge is 0.330 e. The number of aryl methyl sites for hydroxylation is 2. The Labute approximate surface area is 129 Å². The molecule has 0 aliphatic carbocycles. The summed E-state index contributed by atoms with van der Waals surface area (Å²) in [5.74, 6) is 1.41. The predicted octanol–water partition coefficient (Wildman–Crippen LogP) is 0.0148. The van der Waals surface area contributed by atoms with E-state index in [0.717, 1.165) is 23.5 Å². The van der Waals surface area contributed by atoms with Gasteiger partial charge < -0.3 is 14.5 Å². The molecule has 1 atom stereocenters. The van der Waals surface area contributed by atoms with Crippen LogP contribution in [0.1, 0.15) is 18.3 Å². The Kier molecular flexibility index (Phi) is 4.97. The molecule has 0 saturated heterocycles. The summed E-state index contributed by atoms with van der Waals surface area (Å²) < 4.78 is 4.67. The molecule has 2 rings (SSSR count). The van der Waals surface area contributed by atoms with E-state index in [0.29, 0.717) is 18.0 Å². The molecule has 0 fully saturated rings. The monoisotopic (exact) mass is 305 g/mol. The third-order valence-corrected chi connectivity index (χ3v) is 3.76. The summed E-state index contributed by atoms with van der Waals surface area (Å²) in [6.07, 6.45) is 5.36. The highest BCUT2D eigenvalue weighted by atomic mass is 16.2. The molecule has 0 aliphatic heterocycles. The average molecular weight is 305 g/mol. The SMILES string of the molecule is Cc1nccn1CC(C)CNCc1cn(C)c(=O)n(C)c1=O. The maximum atomic E-state index is 12.0. The Morgan fingerprint density at radius 3 is 2.68 bits per heavy atom. The van der Waals surface area contributed by atoms with Crippen LogP contribution in [0, 0.1) is 12.8 Å². The molecule has 1 N–H and O–H groups in total. The highest BCUT2D eigenvalue weighted by Crippen LogP contribution is 2.03. The van der Waals surface area contributed by atoms with E-state index in [2.05, 4.69) is 21.8 Å². The molecule has 7 heteroatoms. The van der Waals surface area contributed by atoms with Crippen molar-refractivity contribution in [2.24, 2.45) is 20.0 Å². The number of nitrogens with one attached hydrogen (secondary N) is 1. The molecule has 22 heavy (non-hydrogen) atoms. The summed E-state index contributed by atoms with van der Waals surface area (Å²) >= 11 is 0. The molecule has 7 nitrogen and oxygen atoms in total. The topological polar surface area (TPSA) is 73.8 Å². The zero-order chi connectivity index (χ0) is 16.3. The van der Waals surface area contributed by atoms with Gasteiger partial charge in [-0.25, -0.2) is 9.78 Å². The van der Waals surface area contributed by atoms with Gasteiger partial charge >= 0.3 is 5.69 Å². The largest absolute Gasteiger partial charge is 0.335 e. The van der Waals surface area contributed by atoms with Gasteiger partial charge in [-0.3, -0.25) is 9.36 Å². The number of nitrogens with zero attached hydrogens (tertiary/aromatic N) is 4. The fourth-order valence-electron chi connectivity index (χ4n) is 2.45. The lowest BCUT2D eigenvalue weighted by Crippen LogP contribution is -2.39. The number of aromatic nitrogens is 4. The fraction of sp³-hybridized carbons (Fsp3) is 0.533. The number of hydrogen-bond acceptors (Lipinski definition) is 4. The summed E-state index contributed by atoms with van der Waals surface area (Å²) in [6.45, 7) is 6.24. The van der Waals surface area contributed by atoms with Gasteiger partial charge in [0.2, 0.25) is 0 Å². The van der Waals surface area contributed by atoms with Gasteiger partial charge in [0.1, 0.15) is 5.82 Å². The summed E-state index contributed by atoms with van der Waals surface area (Å²) in [5, 5.41) is 3.29. The van der Waals surface area contributed by atoms with Crippen molar-refractivity contribution in [3.63, 3.8) is 0 Å². The van der Waals surface area contributed by atoms with Gasteiger partial charge in [0.05, 0.1) is 0 Å². The van der Waals surface area contributed by atoms with Crippen molar-refractivity contribution < 1.29 is 0 Å². The lowest BCUT2D eigenvalue weighted by Gasteiger charge is -2.14. The van der Waals surface area contributed by atoms with E-state index in [1.165, 1.54) is 11.6 Å². The highest BCUT2D eigenvalue weighted by molar-refractivity contribution is 5.05. The van der Waals surface area contributed by atoms with Crippen LogP contribution < -0.4 is 16.6 Å². The molecule has 0 radical (unpaired) electrons. The first-order valence-electron chi connectivity index (χ1n) is 7.34. The molecular formula is C15H23N5O2. The van der Waals surface area contributed by atoms with Gasteiger partial charge in [0.25, 0.3) is 5.56 Å². The minimum absolute atomic E-state index is 0.242. The Balaban J connectivity index is 1.93. The Bertz CT molecular complexity index is 756. The molecule has 0 bridgehead atoms. The Hall–Kier alpha value is -2.15. The van der Waals surface area contributed by atoms with Crippen LogP contribution in [0.3, 0.4) is 0 Å². The summed E-state index contributed by atoms with van der Waals surface area (Å²) in [4.78, 5) is 27.8. The fourth-order valence-corrected chi connectivity index (χ4v) is 2.45. The van der Waals surface area contributed by atoms with Gasteiger partial charge in [-0.2, -0.15) is 0 Å². The van der Waals surface area contributed by atoms with Crippen LogP contribution in [-0.4, -0.2) is 25.2 Å². The molecule has 0 aliphatic rings. The molecule has 2 aromatic heterocycles. The number of rotatable bonds is 6.